The van der Waals surface area contributed by atoms with E-state index >= 15 is 0 Å². The molecule has 0 saturated carbocycles. The molecule has 1 heterocycles. The summed E-state index contributed by atoms with van der Waals surface area (Å²) in [6.45, 7) is 9.36. The van der Waals surface area contributed by atoms with E-state index in [2.05, 4.69) is 40.1 Å². The van der Waals surface area contributed by atoms with Gasteiger partial charge in [0.1, 0.15) is 5.54 Å². The smallest absolute Gasteiger partial charge is 0.331 e. The Morgan fingerprint density at radius 1 is 0.923 bits per heavy atom. The van der Waals surface area contributed by atoms with Gasteiger partial charge in [0, 0.05) is 34.3 Å². The standard InChI is InChI=1S/C31H36ClN3O3S/c1-19-17-27(20(2)16-26(19)32)39-34-25-9-7-8-23(18-25)24-14-21(3)28(22(4)15-24)29(36)33-31(30(37)38-6)10-12-35(5)13-11-31/h7-9,14-18,34H,10-13H2,1-6H3,(H,33,36). The molecule has 0 radical (unpaired) electrons. The highest BCUT2D eigenvalue weighted by atomic mass is 35.5. The van der Waals surface area contributed by atoms with Crippen LogP contribution in [0, 0.1) is 27.7 Å². The Balaban J connectivity index is 1.54. The van der Waals surface area contributed by atoms with Crippen LogP contribution in [0.5, 0.6) is 0 Å². The van der Waals surface area contributed by atoms with E-state index in [-0.39, 0.29) is 11.9 Å². The molecule has 0 aromatic heterocycles. The minimum atomic E-state index is -1.01. The topological polar surface area (TPSA) is 70.7 Å². The zero-order valence-electron chi connectivity index (χ0n) is 23.4. The number of rotatable bonds is 7. The fourth-order valence-corrected chi connectivity index (χ4v) is 6.11. The highest BCUT2D eigenvalue weighted by Gasteiger charge is 2.43. The second-order valence-electron chi connectivity index (χ2n) is 10.5. The van der Waals surface area contributed by atoms with E-state index in [1.807, 2.05) is 58.2 Å². The van der Waals surface area contributed by atoms with Gasteiger partial charge >= 0.3 is 5.97 Å². The average Bonchev–Trinajstić information content (AvgIpc) is 2.90. The van der Waals surface area contributed by atoms with E-state index in [1.165, 1.54) is 7.11 Å². The van der Waals surface area contributed by atoms with E-state index in [0.29, 0.717) is 31.5 Å². The number of amides is 1. The van der Waals surface area contributed by atoms with Gasteiger partial charge in [-0.25, -0.2) is 4.79 Å². The Labute approximate surface area is 240 Å². The van der Waals surface area contributed by atoms with Gasteiger partial charge in [0.15, 0.2) is 0 Å². The lowest BCUT2D eigenvalue weighted by atomic mass is 9.86. The van der Waals surface area contributed by atoms with Crippen LogP contribution in [0.25, 0.3) is 11.1 Å². The predicted molar refractivity (Wildman–Crippen MR) is 161 cm³/mol. The molecule has 1 aliphatic rings. The molecule has 1 saturated heterocycles. The molecular weight excluding hydrogens is 530 g/mol. The van der Waals surface area contributed by atoms with E-state index < -0.39 is 5.54 Å². The van der Waals surface area contributed by atoms with Gasteiger partial charge in [0.05, 0.1) is 7.11 Å². The van der Waals surface area contributed by atoms with Gasteiger partial charge in [-0.3, -0.25) is 4.79 Å². The summed E-state index contributed by atoms with van der Waals surface area (Å²) in [7, 11) is 3.39. The van der Waals surface area contributed by atoms with Gasteiger partial charge in [-0.1, -0.05) is 35.9 Å². The Kier molecular flexibility index (Phi) is 8.94. The average molecular weight is 566 g/mol. The molecule has 206 valence electrons. The summed E-state index contributed by atoms with van der Waals surface area (Å²) >= 11 is 7.81. The number of carbonyl (C=O) groups excluding carboxylic acids is 2. The van der Waals surface area contributed by atoms with E-state index in [1.54, 1.807) is 11.9 Å². The number of halogens is 1. The summed E-state index contributed by atoms with van der Waals surface area (Å²) in [6.07, 6.45) is 1.04. The van der Waals surface area contributed by atoms with E-state index in [4.69, 9.17) is 16.3 Å². The zero-order chi connectivity index (χ0) is 28.3. The van der Waals surface area contributed by atoms with Gasteiger partial charge in [-0.15, -0.1) is 0 Å². The molecule has 0 bridgehead atoms. The molecule has 8 heteroatoms. The summed E-state index contributed by atoms with van der Waals surface area (Å²) in [5, 5.41) is 3.82. The quantitative estimate of drug-likeness (QED) is 0.244. The van der Waals surface area contributed by atoms with E-state index in [0.717, 1.165) is 49.0 Å². The first-order chi connectivity index (χ1) is 18.5. The minimum absolute atomic E-state index is 0.244. The lowest BCUT2D eigenvalue weighted by Gasteiger charge is -2.39. The lowest BCUT2D eigenvalue weighted by Crippen LogP contribution is -2.60. The van der Waals surface area contributed by atoms with Crippen LogP contribution in [-0.2, 0) is 9.53 Å². The SMILES string of the molecule is COC(=O)C1(NC(=O)c2c(C)cc(-c3cccc(NSc4cc(C)c(Cl)cc4C)c3)cc2C)CCN(C)CC1. The maximum Gasteiger partial charge on any atom is 0.331 e. The molecule has 6 nitrogen and oxygen atoms in total. The third-order valence-electron chi connectivity index (χ3n) is 7.46. The second-order valence-corrected chi connectivity index (χ2v) is 11.7. The summed E-state index contributed by atoms with van der Waals surface area (Å²) in [5.74, 6) is -0.631. The molecule has 3 aromatic rings. The first-order valence-corrected chi connectivity index (χ1v) is 14.2. The Morgan fingerprint density at radius 3 is 2.23 bits per heavy atom. The molecular formula is C31H36ClN3O3S. The Hall–Kier alpha value is -3.00. The number of piperidine rings is 1. The highest BCUT2D eigenvalue weighted by molar-refractivity contribution is 8.00. The van der Waals surface area contributed by atoms with Crippen LogP contribution in [-0.4, -0.2) is 49.6 Å². The number of nitrogens with one attached hydrogen (secondary N) is 2. The molecule has 3 aromatic carbocycles. The van der Waals surface area contributed by atoms with Gasteiger partial charge in [-0.05, 0) is 117 Å². The van der Waals surface area contributed by atoms with Gasteiger partial charge in [0.25, 0.3) is 5.91 Å². The van der Waals surface area contributed by atoms with Crippen molar-refractivity contribution in [3.8, 4) is 11.1 Å². The number of anilines is 1. The third-order valence-corrected chi connectivity index (χ3v) is 8.86. The Morgan fingerprint density at radius 2 is 1.59 bits per heavy atom. The number of methoxy groups -OCH3 is 1. The monoisotopic (exact) mass is 565 g/mol. The molecule has 39 heavy (non-hydrogen) atoms. The summed E-state index contributed by atoms with van der Waals surface area (Å²) in [5.41, 5.74) is 6.51. The number of esters is 1. The number of benzene rings is 3. The fourth-order valence-electron chi connectivity index (χ4n) is 5.08. The summed E-state index contributed by atoms with van der Waals surface area (Å²) in [4.78, 5) is 29.5. The maximum absolute atomic E-state index is 13.5. The van der Waals surface area contributed by atoms with Crippen molar-refractivity contribution >= 4 is 41.1 Å². The number of hydrogen-bond donors (Lipinski definition) is 2. The van der Waals surface area contributed by atoms with Crippen LogP contribution in [0.1, 0.15) is 45.5 Å². The molecule has 0 unspecified atom stereocenters. The third kappa shape index (κ3) is 6.43. The lowest BCUT2D eigenvalue weighted by molar-refractivity contribution is -0.150. The van der Waals surface area contributed by atoms with Crippen molar-refractivity contribution in [3.63, 3.8) is 0 Å². The van der Waals surface area contributed by atoms with Gasteiger partial charge < -0.3 is 19.7 Å². The Bertz CT molecular complexity index is 1380. The van der Waals surface area contributed by atoms with Crippen LogP contribution >= 0.6 is 23.5 Å². The molecule has 4 rings (SSSR count). The number of hydrogen-bond acceptors (Lipinski definition) is 6. The van der Waals surface area contributed by atoms with Crippen molar-refractivity contribution in [2.45, 2.75) is 51.0 Å². The van der Waals surface area contributed by atoms with Crippen LogP contribution in [0.4, 0.5) is 5.69 Å². The van der Waals surface area contributed by atoms with Crippen LogP contribution in [0.15, 0.2) is 53.4 Å². The second kappa shape index (κ2) is 12.0. The predicted octanol–water partition coefficient (Wildman–Crippen LogP) is 6.73. The maximum atomic E-state index is 13.5. The van der Waals surface area contributed by atoms with Crippen molar-refractivity contribution in [1.82, 2.24) is 10.2 Å². The number of likely N-dealkylation sites (tertiary alicyclic amines) is 1. The summed E-state index contributed by atoms with van der Waals surface area (Å²) < 4.78 is 8.54. The van der Waals surface area contributed by atoms with Crippen molar-refractivity contribution in [1.29, 1.82) is 0 Å². The van der Waals surface area contributed by atoms with Gasteiger partial charge in [0.2, 0.25) is 0 Å². The molecule has 0 spiro atoms. The fraction of sp³-hybridized carbons (Fsp3) is 0.355. The molecule has 0 atom stereocenters. The normalized spacial score (nSPS) is 15.1. The van der Waals surface area contributed by atoms with Crippen molar-refractivity contribution < 1.29 is 14.3 Å². The largest absolute Gasteiger partial charge is 0.467 e. The van der Waals surface area contributed by atoms with Crippen LogP contribution in [0.3, 0.4) is 0 Å². The zero-order valence-corrected chi connectivity index (χ0v) is 25.0. The molecule has 1 fully saturated rings. The van der Waals surface area contributed by atoms with Crippen molar-refractivity contribution in [2.75, 3.05) is 32.0 Å². The van der Waals surface area contributed by atoms with Gasteiger partial charge in [-0.2, -0.15) is 0 Å². The minimum Gasteiger partial charge on any atom is -0.467 e. The molecule has 0 aliphatic carbocycles. The number of aryl methyl sites for hydroxylation is 4. The summed E-state index contributed by atoms with van der Waals surface area (Å²) in [6, 6.07) is 16.3. The van der Waals surface area contributed by atoms with Crippen molar-refractivity contribution in [3.05, 3.63) is 81.4 Å². The van der Waals surface area contributed by atoms with Crippen LogP contribution < -0.4 is 10.0 Å². The molecule has 2 N–H and O–H groups in total. The first-order valence-electron chi connectivity index (χ1n) is 13.0. The molecule has 1 aliphatic heterocycles. The number of carbonyl (C=O) groups is 2. The first kappa shape index (κ1) is 29.0. The molecule has 1 amide bonds. The van der Waals surface area contributed by atoms with Crippen LogP contribution in [0.2, 0.25) is 5.02 Å². The number of nitrogens with zero attached hydrogens (tertiary/aromatic N) is 1. The highest BCUT2D eigenvalue weighted by Crippen LogP contribution is 2.32. The number of ether oxygens (including phenoxy) is 1. The van der Waals surface area contributed by atoms with Crippen molar-refractivity contribution in [2.24, 2.45) is 0 Å². The van der Waals surface area contributed by atoms with E-state index in [9.17, 15) is 9.59 Å².